The van der Waals surface area contributed by atoms with Crippen LogP contribution < -0.4 is 0 Å². The van der Waals surface area contributed by atoms with Gasteiger partial charge in [-0.2, -0.15) is 0 Å². The highest BCUT2D eigenvalue weighted by molar-refractivity contribution is 6.21. The molecule has 0 aliphatic carbocycles. The van der Waals surface area contributed by atoms with Crippen molar-refractivity contribution in [3.63, 3.8) is 0 Å². The van der Waals surface area contributed by atoms with E-state index in [1.807, 2.05) is 0 Å². The first-order valence-electron chi connectivity index (χ1n) is 4.85. The Morgan fingerprint density at radius 1 is 1.33 bits per heavy atom. The Labute approximate surface area is 92.0 Å². The van der Waals surface area contributed by atoms with Crippen LogP contribution in [-0.2, 0) is 4.74 Å². The number of hydrogen-bond acceptors (Lipinski definition) is 1. The first-order valence-corrected chi connectivity index (χ1v) is 5.29. The zero-order valence-corrected chi connectivity index (χ0v) is 8.81. The molecule has 15 heavy (non-hydrogen) atoms. The van der Waals surface area contributed by atoms with Gasteiger partial charge in [-0.15, -0.1) is 11.6 Å². The van der Waals surface area contributed by atoms with Crippen molar-refractivity contribution >= 4 is 11.6 Å². The van der Waals surface area contributed by atoms with E-state index < -0.39 is 11.6 Å². The molecule has 0 amide bonds. The third-order valence-electron chi connectivity index (χ3n) is 2.64. The van der Waals surface area contributed by atoms with Crippen molar-refractivity contribution in [1.82, 2.24) is 0 Å². The maximum Gasteiger partial charge on any atom is 0.159 e. The second-order valence-electron chi connectivity index (χ2n) is 3.70. The van der Waals surface area contributed by atoms with Gasteiger partial charge in [0.2, 0.25) is 0 Å². The molecule has 0 radical (unpaired) electrons. The molecular weight excluding hydrogens is 222 g/mol. The predicted octanol–water partition coefficient (Wildman–Crippen LogP) is 3.28. The second kappa shape index (κ2) is 4.45. The highest BCUT2D eigenvalue weighted by atomic mass is 35.5. The smallest absolute Gasteiger partial charge is 0.159 e. The number of halogens is 3. The molecule has 1 aromatic carbocycles. The van der Waals surface area contributed by atoms with Crippen molar-refractivity contribution in [2.75, 3.05) is 13.2 Å². The Morgan fingerprint density at radius 2 is 2.13 bits per heavy atom. The Morgan fingerprint density at radius 3 is 2.73 bits per heavy atom. The zero-order chi connectivity index (χ0) is 10.8. The summed E-state index contributed by atoms with van der Waals surface area (Å²) in [6.07, 6.45) is 0.868. The Hall–Kier alpha value is -0.670. The number of ether oxygens (including phenoxy) is 1. The lowest BCUT2D eigenvalue weighted by Crippen LogP contribution is -2.08. The second-order valence-corrected chi connectivity index (χ2v) is 4.17. The van der Waals surface area contributed by atoms with E-state index in [1.165, 1.54) is 6.07 Å². The van der Waals surface area contributed by atoms with Crippen molar-refractivity contribution in [2.24, 2.45) is 5.92 Å². The molecule has 0 N–H and O–H groups in total. The minimum atomic E-state index is -0.850. The molecule has 0 bridgehead atoms. The number of alkyl halides is 1. The summed E-state index contributed by atoms with van der Waals surface area (Å²) in [7, 11) is 0. The van der Waals surface area contributed by atoms with Gasteiger partial charge in [-0.25, -0.2) is 8.78 Å². The first kappa shape index (κ1) is 10.8. The molecule has 1 saturated heterocycles. The summed E-state index contributed by atoms with van der Waals surface area (Å²) in [5.74, 6) is -1.50. The number of hydrogen-bond donors (Lipinski definition) is 0. The molecule has 1 aliphatic rings. The Kier molecular flexibility index (Phi) is 3.22. The van der Waals surface area contributed by atoms with Crippen LogP contribution >= 0.6 is 11.6 Å². The molecule has 2 unspecified atom stereocenters. The molecule has 1 heterocycles. The van der Waals surface area contributed by atoms with E-state index in [4.69, 9.17) is 16.3 Å². The van der Waals surface area contributed by atoms with E-state index in [-0.39, 0.29) is 11.3 Å². The maximum atomic E-state index is 13.0. The molecule has 1 fully saturated rings. The predicted molar refractivity (Wildman–Crippen MR) is 53.9 cm³/mol. The van der Waals surface area contributed by atoms with Crippen molar-refractivity contribution in [3.8, 4) is 0 Å². The van der Waals surface area contributed by atoms with Crippen LogP contribution in [0, 0.1) is 17.6 Å². The van der Waals surface area contributed by atoms with E-state index in [2.05, 4.69) is 0 Å². The third kappa shape index (κ3) is 2.29. The summed E-state index contributed by atoms with van der Waals surface area (Å²) in [6.45, 7) is 1.28. The topological polar surface area (TPSA) is 9.23 Å². The van der Waals surface area contributed by atoms with Crippen molar-refractivity contribution in [2.45, 2.75) is 11.8 Å². The fraction of sp³-hybridized carbons (Fsp3) is 0.455. The highest BCUT2D eigenvalue weighted by Crippen LogP contribution is 2.34. The quantitative estimate of drug-likeness (QED) is 0.711. The van der Waals surface area contributed by atoms with E-state index in [9.17, 15) is 8.78 Å². The third-order valence-corrected chi connectivity index (χ3v) is 3.25. The average Bonchev–Trinajstić information content (AvgIpc) is 2.74. The highest BCUT2D eigenvalue weighted by Gasteiger charge is 2.25. The fourth-order valence-corrected chi connectivity index (χ4v) is 2.07. The van der Waals surface area contributed by atoms with Gasteiger partial charge in [0.25, 0.3) is 0 Å². The molecule has 2 rings (SSSR count). The van der Waals surface area contributed by atoms with Gasteiger partial charge in [0.1, 0.15) is 0 Å². The molecular formula is C11H11ClF2O. The van der Waals surface area contributed by atoms with Crippen LogP contribution in [0.2, 0.25) is 0 Å². The molecule has 1 aliphatic heterocycles. The van der Waals surface area contributed by atoms with Gasteiger partial charge < -0.3 is 4.74 Å². The largest absolute Gasteiger partial charge is 0.381 e. The molecule has 82 valence electrons. The number of benzene rings is 1. The maximum absolute atomic E-state index is 13.0. The van der Waals surface area contributed by atoms with Crippen LogP contribution in [0.5, 0.6) is 0 Å². The normalized spacial score (nSPS) is 23.0. The molecule has 0 spiro atoms. The molecule has 2 atom stereocenters. The monoisotopic (exact) mass is 232 g/mol. The van der Waals surface area contributed by atoms with Crippen LogP contribution in [0.25, 0.3) is 0 Å². The van der Waals surface area contributed by atoms with Crippen LogP contribution in [-0.4, -0.2) is 13.2 Å². The Bertz CT molecular complexity index is 350. The summed E-state index contributed by atoms with van der Waals surface area (Å²) in [5, 5.41) is -0.303. The number of rotatable bonds is 2. The van der Waals surface area contributed by atoms with Crippen LogP contribution in [0.4, 0.5) is 8.78 Å². The molecule has 4 heteroatoms. The lowest BCUT2D eigenvalue weighted by molar-refractivity contribution is 0.185. The van der Waals surface area contributed by atoms with Gasteiger partial charge >= 0.3 is 0 Å². The van der Waals surface area contributed by atoms with E-state index in [0.29, 0.717) is 18.8 Å². The molecule has 1 nitrogen and oxygen atoms in total. The summed E-state index contributed by atoms with van der Waals surface area (Å²) in [4.78, 5) is 0. The molecule has 0 aromatic heterocycles. The standard InChI is InChI=1S/C11H11ClF2O/c12-11(8-3-4-15-6-8)7-1-2-9(13)10(14)5-7/h1-2,5,8,11H,3-4,6H2. The van der Waals surface area contributed by atoms with Gasteiger partial charge in [-0.3, -0.25) is 0 Å². The van der Waals surface area contributed by atoms with Crippen molar-refractivity contribution in [1.29, 1.82) is 0 Å². The van der Waals surface area contributed by atoms with Crippen molar-refractivity contribution in [3.05, 3.63) is 35.4 Å². The molecule has 1 aromatic rings. The Balaban J connectivity index is 2.17. The summed E-state index contributed by atoms with van der Waals surface area (Å²) in [5.41, 5.74) is 0.617. The first-order chi connectivity index (χ1) is 7.18. The minimum Gasteiger partial charge on any atom is -0.381 e. The van der Waals surface area contributed by atoms with Crippen LogP contribution in [0.15, 0.2) is 18.2 Å². The lowest BCUT2D eigenvalue weighted by Gasteiger charge is -2.15. The van der Waals surface area contributed by atoms with Gasteiger partial charge in [0.15, 0.2) is 11.6 Å². The van der Waals surface area contributed by atoms with Crippen molar-refractivity contribution < 1.29 is 13.5 Å². The van der Waals surface area contributed by atoms with Crippen LogP contribution in [0.3, 0.4) is 0 Å². The SMILES string of the molecule is Fc1ccc(C(Cl)C2CCOC2)cc1F. The van der Waals surface area contributed by atoms with E-state index in [1.54, 1.807) is 0 Å². The minimum absolute atomic E-state index is 0.191. The summed E-state index contributed by atoms with van der Waals surface area (Å²) < 4.78 is 30.9. The zero-order valence-electron chi connectivity index (χ0n) is 8.05. The van der Waals surface area contributed by atoms with Gasteiger partial charge in [-0.05, 0) is 24.1 Å². The summed E-state index contributed by atoms with van der Waals surface area (Å²) in [6, 6.07) is 3.79. The van der Waals surface area contributed by atoms with E-state index >= 15 is 0 Å². The summed E-state index contributed by atoms with van der Waals surface area (Å²) >= 11 is 6.17. The van der Waals surface area contributed by atoms with Gasteiger partial charge in [0, 0.05) is 12.5 Å². The van der Waals surface area contributed by atoms with E-state index in [0.717, 1.165) is 18.6 Å². The lowest BCUT2D eigenvalue weighted by atomic mass is 9.98. The fourth-order valence-electron chi connectivity index (χ4n) is 1.74. The van der Waals surface area contributed by atoms with Crippen LogP contribution in [0.1, 0.15) is 17.4 Å². The molecule has 0 saturated carbocycles. The average molecular weight is 233 g/mol. The van der Waals surface area contributed by atoms with Gasteiger partial charge in [0.05, 0.1) is 12.0 Å². The van der Waals surface area contributed by atoms with Gasteiger partial charge in [-0.1, -0.05) is 6.07 Å².